The molecule has 2 unspecified atom stereocenters. The Bertz CT molecular complexity index is 495. The fourth-order valence-electron chi connectivity index (χ4n) is 2.73. The first-order valence-electron chi connectivity index (χ1n) is 6.26. The minimum absolute atomic E-state index is 0.274. The molecule has 96 valence electrons. The highest BCUT2D eigenvalue weighted by atomic mass is 79.9. The van der Waals surface area contributed by atoms with E-state index < -0.39 is 0 Å². The van der Waals surface area contributed by atoms with Crippen LogP contribution in [-0.2, 0) is 0 Å². The Morgan fingerprint density at radius 1 is 1.50 bits per heavy atom. The van der Waals surface area contributed by atoms with Gasteiger partial charge in [0.1, 0.15) is 6.07 Å². The zero-order valence-electron chi connectivity index (χ0n) is 10.6. The van der Waals surface area contributed by atoms with Gasteiger partial charge < -0.3 is 4.90 Å². The van der Waals surface area contributed by atoms with E-state index in [9.17, 15) is 4.39 Å². The summed E-state index contributed by atoms with van der Waals surface area (Å²) in [6, 6.07) is 6.14. The Kier molecular flexibility index (Phi) is 3.91. The van der Waals surface area contributed by atoms with Crippen molar-refractivity contribution in [1.82, 2.24) is 0 Å². The van der Waals surface area contributed by atoms with Crippen LogP contribution in [0.1, 0.15) is 38.7 Å². The molecule has 2 atom stereocenters. The Balaban J connectivity index is 2.45. The molecule has 1 aliphatic heterocycles. The molecule has 0 aliphatic carbocycles. The summed E-state index contributed by atoms with van der Waals surface area (Å²) in [6.45, 7) is 4.26. The molecule has 1 fully saturated rings. The average molecular weight is 311 g/mol. The van der Waals surface area contributed by atoms with E-state index in [0.717, 1.165) is 19.3 Å². The highest BCUT2D eigenvalue weighted by molar-refractivity contribution is 9.10. The van der Waals surface area contributed by atoms with Crippen molar-refractivity contribution in [1.29, 1.82) is 5.26 Å². The summed E-state index contributed by atoms with van der Waals surface area (Å²) >= 11 is 3.18. The quantitative estimate of drug-likeness (QED) is 0.817. The van der Waals surface area contributed by atoms with E-state index in [2.05, 4.69) is 34.7 Å². The number of hydrogen-bond donors (Lipinski definition) is 0. The lowest BCUT2D eigenvalue weighted by Crippen LogP contribution is -2.34. The molecule has 1 aromatic rings. The third kappa shape index (κ3) is 2.12. The van der Waals surface area contributed by atoms with E-state index in [1.807, 2.05) is 6.07 Å². The highest BCUT2D eigenvalue weighted by Crippen LogP contribution is 2.36. The van der Waals surface area contributed by atoms with Crippen molar-refractivity contribution >= 4 is 21.6 Å². The molecular weight excluding hydrogens is 295 g/mol. The molecular formula is C14H16BrFN2. The number of hydrogen-bond acceptors (Lipinski definition) is 2. The van der Waals surface area contributed by atoms with Crippen LogP contribution in [0.3, 0.4) is 0 Å². The summed E-state index contributed by atoms with van der Waals surface area (Å²) in [6.07, 6.45) is 3.21. The second-order valence-corrected chi connectivity index (χ2v) is 5.56. The monoisotopic (exact) mass is 310 g/mol. The van der Waals surface area contributed by atoms with Gasteiger partial charge in [0.25, 0.3) is 0 Å². The van der Waals surface area contributed by atoms with E-state index >= 15 is 0 Å². The van der Waals surface area contributed by atoms with Gasteiger partial charge in [-0.05, 0) is 54.2 Å². The lowest BCUT2D eigenvalue weighted by Gasteiger charge is -2.31. The first-order chi connectivity index (χ1) is 8.60. The van der Waals surface area contributed by atoms with E-state index in [4.69, 9.17) is 5.26 Å². The van der Waals surface area contributed by atoms with Crippen LogP contribution in [-0.4, -0.2) is 12.1 Å². The van der Waals surface area contributed by atoms with Gasteiger partial charge >= 0.3 is 0 Å². The third-order valence-corrected chi connectivity index (χ3v) is 4.49. The van der Waals surface area contributed by atoms with Crippen molar-refractivity contribution in [2.24, 2.45) is 0 Å². The lowest BCUT2D eigenvalue weighted by molar-refractivity contribution is 0.578. The van der Waals surface area contributed by atoms with Gasteiger partial charge in [-0.2, -0.15) is 5.26 Å². The van der Waals surface area contributed by atoms with Crippen LogP contribution >= 0.6 is 15.9 Å². The number of rotatable bonds is 2. The first-order valence-corrected chi connectivity index (χ1v) is 7.05. The van der Waals surface area contributed by atoms with Gasteiger partial charge in [-0.3, -0.25) is 0 Å². The lowest BCUT2D eigenvalue weighted by atomic mass is 10.1. The van der Waals surface area contributed by atoms with E-state index in [1.165, 1.54) is 0 Å². The second kappa shape index (κ2) is 5.27. The van der Waals surface area contributed by atoms with Gasteiger partial charge in [0.15, 0.2) is 5.82 Å². The average Bonchev–Trinajstić information content (AvgIpc) is 2.74. The molecule has 1 aromatic carbocycles. The number of anilines is 1. The second-order valence-electron chi connectivity index (χ2n) is 4.77. The van der Waals surface area contributed by atoms with Crippen molar-refractivity contribution in [3.05, 3.63) is 28.0 Å². The molecule has 1 saturated heterocycles. The standard InChI is InChI=1S/C14H16BrFN2/c1-3-11-6-4-9(2)18(11)12-7-5-10(8-17)13(15)14(12)16/h5,7,9,11H,3-4,6H2,1-2H3. The normalized spacial score (nSPS) is 23.2. The minimum atomic E-state index is -0.318. The van der Waals surface area contributed by atoms with Crippen molar-refractivity contribution in [2.45, 2.75) is 45.2 Å². The summed E-state index contributed by atoms with van der Waals surface area (Å²) in [5.74, 6) is -0.318. The van der Waals surface area contributed by atoms with Crippen molar-refractivity contribution in [2.75, 3.05) is 4.90 Å². The molecule has 0 spiro atoms. The smallest absolute Gasteiger partial charge is 0.162 e. The third-order valence-electron chi connectivity index (χ3n) is 3.72. The van der Waals surface area contributed by atoms with Crippen LogP contribution in [0.4, 0.5) is 10.1 Å². The maximum Gasteiger partial charge on any atom is 0.162 e. The van der Waals surface area contributed by atoms with Crippen LogP contribution in [0, 0.1) is 17.1 Å². The van der Waals surface area contributed by atoms with E-state index in [0.29, 0.717) is 23.3 Å². The van der Waals surface area contributed by atoms with Crippen LogP contribution in [0.15, 0.2) is 16.6 Å². The van der Waals surface area contributed by atoms with Crippen molar-refractivity contribution in [3.63, 3.8) is 0 Å². The molecule has 0 N–H and O–H groups in total. The number of benzene rings is 1. The number of nitriles is 1. The summed E-state index contributed by atoms with van der Waals surface area (Å²) in [5.41, 5.74) is 0.953. The zero-order valence-corrected chi connectivity index (χ0v) is 12.2. The van der Waals surface area contributed by atoms with Crippen LogP contribution in [0.5, 0.6) is 0 Å². The minimum Gasteiger partial charge on any atom is -0.363 e. The van der Waals surface area contributed by atoms with Gasteiger partial charge in [-0.1, -0.05) is 6.92 Å². The molecule has 2 nitrogen and oxygen atoms in total. The summed E-state index contributed by atoms with van der Waals surface area (Å²) in [7, 11) is 0. The highest BCUT2D eigenvalue weighted by Gasteiger charge is 2.31. The van der Waals surface area contributed by atoms with Crippen LogP contribution in [0.2, 0.25) is 0 Å². The summed E-state index contributed by atoms with van der Waals surface area (Å²) in [4.78, 5) is 2.15. The van der Waals surface area contributed by atoms with Gasteiger partial charge in [0.05, 0.1) is 15.7 Å². The molecule has 1 aliphatic rings. The predicted octanol–water partition coefficient (Wildman–Crippen LogP) is 4.23. The van der Waals surface area contributed by atoms with Gasteiger partial charge in [0.2, 0.25) is 0 Å². The Hall–Kier alpha value is -1.08. The Morgan fingerprint density at radius 3 is 2.83 bits per heavy atom. The van der Waals surface area contributed by atoms with E-state index in [1.54, 1.807) is 12.1 Å². The summed E-state index contributed by atoms with van der Waals surface area (Å²) in [5, 5.41) is 8.89. The maximum atomic E-state index is 14.3. The maximum absolute atomic E-state index is 14.3. The van der Waals surface area contributed by atoms with Crippen LogP contribution in [0.25, 0.3) is 0 Å². The Morgan fingerprint density at radius 2 is 2.22 bits per heavy atom. The molecule has 2 rings (SSSR count). The molecule has 18 heavy (non-hydrogen) atoms. The molecule has 0 saturated carbocycles. The fraction of sp³-hybridized carbons (Fsp3) is 0.500. The topological polar surface area (TPSA) is 27.0 Å². The van der Waals surface area contributed by atoms with Gasteiger partial charge in [0, 0.05) is 12.1 Å². The Labute approximate surface area is 116 Å². The van der Waals surface area contributed by atoms with Gasteiger partial charge in [-0.15, -0.1) is 0 Å². The van der Waals surface area contributed by atoms with Crippen LogP contribution < -0.4 is 4.90 Å². The number of nitrogens with zero attached hydrogens (tertiary/aromatic N) is 2. The predicted molar refractivity (Wildman–Crippen MR) is 74.1 cm³/mol. The number of halogens is 2. The van der Waals surface area contributed by atoms with E-state index in [-0.39, 0.29) is 10.3 Å². The molecule has 0 bridgehead atoms. The largest absolute Gasteiger partial charge is 0.363 e. The molecule has 1 heterocycles. The fourth-order valence-corrected chi connectivity index (χ4v) is 3.16. The summed E-state index contributed by atoms with van der Waals surface area (Å²) < 4.78 is 14.6. The first kappa shape index (κ1) is 13.4. The van der Waals surface area contributed by atoms with Crippen molar-refractivity contribution < 1.29 is 4.39 Å². The molecule has 0 radical (unpaired) electrons. The van der Waals surface area contributed by atoms with Crippen molar-refractivity contribution in [3.8, 4) is 6.07 Å². The van der Waals surface area contributed by atoms with Gasteiger partial charge in [-0.25, -0.2) is 4.39 Å². The molecule has 4 heteroatoms. The zero-order chi connectivity index (χ0) is 13.3. The molecule has 0 aromatic heterocycles. The molecule has 0 amide bonds. The SMILES string of the molecule is CCC1CCC(C)N1c1ccc(C#N)c(Br)c1F.